The van der Waals surface area contributed by atoms with Crippen molar-refractivity contribution in [3.8, 4) is 0 Å². The Morgan fingerprint density at radius 2 is 1.84 bits per heavy atom. The molecule has 0 saturated carbocycles. The molecular weight excluding hydrogens is 420 g/mol. The van der Waals surface area contributed by atoms with Crippen LogP contribution in [-0.4, -0.2) is 34.9 Å². The van der Waals surface area contributed by atoms with E-state index in [1.807, 2.05) is 44.2 Å². The van der Waals surface area contributed by atoms with Crippen LogP contribution in [0.1, 0.15) is 30.0 Å². The van der Waals surface area contributed by atoms with Crippen molar-refractivity contribution in [1.82, 2.24) is 9.88 Å². The zero-order chi connectivity index (χ0) is 22.4. The number of hydrogen-bond donors (Lipinski definition) is 0. The van der Waals surface area contributed by atoms with Crippen molar-refractivity contribution in [3.63, 3.8) is 0 Å². The molecule has 3 aromatic rings. The van der Waals surface area contributed by atoms with Gasteiger partial charge in [0, 0.05) is 18.8 Å². The Morgan fingerprint density at radius 3 is 2.62 bits per heavy atom. The number of carbonyl (C=O) groups is 1. The summed E-state index contributed by atoms with van der Waals surface area (Å²) in [6, 6.07) is 12.5. The van der Waals surface area contributed by atoms with Crippen LogP contribution in [0.3, 0.4) is 0 Å². The van der Waals surface area contributed by atoms with Crippen LogP contribution < -0.4 is 4.90 Å². The van der Waals surface area contributed by atoms with E-state index in [0.29, 0.717) is 30.6 Å². The van der Waals surface area contributed by atoms with Crippen LogP contribution >= 0.6 is 11.3 Å². The molecule has 32 heavy (non-hydrogen) atoms. The zero-order valence-electron chi connectivity index (χ0n) is 18.5. The summed E-state index contributed by atoms with van der Waals surface area (Å²) in [6.07, 6.45) is 4.00. The lowest BCUT2D eigenvalue weighted by molar-refractivity contribution is -0.122. The Bertz CT molecular complexity index is 1330. The first-order chi connectivity index (χ1) is 15.5. The second-order valence-corrected chi connectivity index (χ2v) is 9.02. The number of thiazole rings is 1. The molecular formula is C25H24N4O2S. The first-order valence-corrected chi connectivity index (χ1v) is 11.6. The summed E-state index contributed by atoms with van der Waals surface area (Å²) in [4.78, 5) is 26.2. The summed E-state index contributed by atoms with van der Waals surface area (Å²) in [5, 5.41) is 1.01. The summed E-state index contributed by atoms with van der Waals surface area (Å²) in [7, 11) is 0. The number of hydrogen-bond acceptors (Lipinski definition) is 6. The third-order valence-electron chi connectivity index (χ3n) is 5.62. The number of anilines is 1. The average Bonchev–Trinajstić information content (AvgIpc) is 3.30. The van der Waals surface area contributed by atoms with E-state index in [4.69, 9.17) is 4.74 Å². The van der Waals surface area contributed by atoms with E-state index in [1.54, 1.807) is 16.2 Å². The van der Waals surface area contributed by atoms with Gasteiger partial charge in [0.2, 0.25) is 5.76 Å². The Hall–Kier alpha value is -3.45. The molecule has 1 amide bonds. The van der Waals surface area contributed by atoms with Gasteiger partial charge in [0.05, 0.1) is 26.6 Å². The van der Waals surface area contributed by atoms with Crippen LogP contribution in [0.15, 0.2) is 58.9 Å². The molecule has 3 heterocycles. The van der Waals surface area contributed by atoms with Gasteiger partial charge < -0.3 is 9.64 Å². The molecule has 1 fully saturated rings. The number of amidine groups is 1. The van der Waals surface area contributed by atoms with Crippen LogP contribution in [-0.2, 0) is 9.53 Å². The number of aryl methyl sites for hydroxylation is 2. The maximum absolute atomic E-state index is 13.3. The van der Waals surface area contributed by atoms with Gasteiger partial charge in [0.1, 0.15) is 0 Å². The number of carbonyl (C=O) groups excluding carboxylic acids is 1. The smallest absolute Gasteiger partial charge is 0.305 e. The SMILES string of the molecule is CCN1C(=O)/C(=C2\C=Cc3cc(C)ccc3N2CC)OC1=Nc1ccc2sc(C)nc2c1. The van der Waals surface area contributed by atoms with Crippen LogP contribution in [0.5, 0.6) is 0 Å². The van der Waals surface area contributed by atoms with Crippen LogP contribution in [0.4, 0.5) is 11.4 Å². The quantitative estimate of drug-likeness (QED) is 0.498. The first kappa shape index (κ1) is 20.5. The highest BCUT2D eigenvalue weighted by Gasteiger charge is 2.38. The number of aliphatic imine (C=N–C) groups is 1. The third kappa shape index (κ3) is 3.39. The Labute approximate surface area is 191 Å². The second-order valence-electron chi connectivity index (χ2n) is 7.78. The molecule has 0 spiro atoms. The summed E-state index contributed by atoms with van der Waals surface area (Å²) in [6.45, 7) is 9.24. The molecule has 162 valence electrons. The van der Waals surface area contributed by atoms with Crippen molar-refractivity contribution in [1.29, 1.82) is 0 Å². The van der Waals surface area contributed by atoms with E-state index in [1.165, 1.54) is 5.56 Å². The van der Waals surface area contributed by atoms with Crippen molar-refractivity contribution < 1.29 is 9.53 Å². The van der Waals surface area contributed by atoms with Crippen molar-refractivity contribution in [2.45, 2.75) is 27.7 Å². The minimum Gasteiger partial charge on any atom is -0.417 e. The standard InChI is InChI=1S/C25H24N4O2S/c1-5-28-20-10-7-15(3)13-17(20)8-11-21(28)23-24(30)29(6-2)25(31-23)27-18-9-12-22-19(14-18)26-16(4)32-22/h7-14H,5-6H2,1-4H3/b23-21-,27-25?. The summed E-state index contributed by atoms with van der Waals surface area (Å²) in [5.74, 6) is 0.131. The average molecular weight is 445 g/mol. The lowest BCUT2D eigenvalue weighted by Crippen LogP contribution is -2.30. The fourth-order valence-corrected chi connectivity index (χ4v) is 4.92. The second kappa shape index (κ2) is 7.91. The molecule has 0 radical (unpaired) electrons. The molecule has 5 rings (SSSR count). The Kier molecular flexibility index (Phi) is 5.06. The molecule has 0 aliphatic carbocycles. The van der Waals surface area contributed by atoms with E-state index in [9.17, 15) is 4.79 Å². The van der Waals surface area contributed by atoms with Gasteiger partial charge in [-0.05, 0) is 69.7 Å². The highest BCUT2D eigenvalue weighted by Crippen LogP contribution is 2.35. The molecule has 0 bridgehead atoms. The molecule has 1 aromatic heterocycles. The molecule has 0 N–H and O–H groups in total. The normalized spacial score (nSPS) is 19.2. The van der Waals surface area contributed by atoms with E-state index >= 15 is 0 Å². The number of amides is 1. The summed E-state index contributed by atoms with van der Waals surface area (Å²) in [5.41, 5.74) is 5.77. The highest BCUT2D eigenvalue weighted by atomic mass is 32.1. The number of rotatable bonds is 3. The predicted molar refractivity (Wildman–Crippen MR) is 130 cm³/mol. The van der Waals surface area contributed by atoms with Gasteiger partial charge in [0.15, 0.2) is 0 Å². The van der Waals surface area contributed by atoms with Crippen molar-refractivity contribution in [3.05, 3.63) is 70.1 Å². The lowest BCUT2D eigenvalue weighted by Gasteiger charge is -2.29. The molecule has 0 atom stereocenters. The third-order valence-corrected chi connectivity index (χ3v) is 6.57. The largest absolute Gasteiger partial charge is 0.417 e. The van der Waals surface area contributed by atoms with Crippen LogP contribution in [0.2, 0.25) is 0 Å². The molecule has 2 aliphatic rings. The molecule has 2 aromatic carbocycles. The van der Waals surface area contributed by atoms with E-state index < -0.39 is 0 Å². The number of likely N-dealkylation sites (N-methyl/N-ethyl adjacent to an activating group) is 2. The van der Waals surface area contributed by atoms with Gasteiger partial charge in [-0.15, -0.1) is 11.3 Å². The minimum absolute atomic E-state index is 0.175. The molecule has 1 saturated heterocycles. The molecule has 6 nitrogen and oxygen atoms in total. The van der Waals surface area contributed by atoms with Gasteiger partial charge >= 0.3 is 6.02 Å². The van der Waals surface area contributed by atoms with Gasteiger partial charge in [-0.25, -0.2) is 4.98 Å². The van der Waals surface area contributed by atoms with Gasteiger partial charge in [-0.1, -0.05) is 17.7 Å². The lowest BCUT2D eigenvalue weighted by atomic mass is 10.0. The van der Waals surface area contributed by atoms with Gasteiger partial charge in [0.25, 0.3) is 5.91 Å². The number of aromatic nitrogens is 1. The maximum Gasteiger partial charge on any atom is 0.305 e. The maximum atomic E-state index is 13.3. The van der Waals surface area contributed by atoms with E-state index in [2.05, 4.69) is 46.9 Å². The zero-order valence-corrected chi connectivity index (χ0v) is 19.4. The van der Waals surface area contributed by atoms with Crippen molar-refractivity contribution in [2.24, 2.45) is 4.99 Å². The summed E-state index contributed by atoms with van der Waals surface area (Å²) >= 11 is 1.65. The monoisotopic (exact) mass is 444 g/mol. The number of benzene rings is 2. The summed E-state index contributed by atoms with van der Waals surface area (Å²) < 4.78 is 7.22. The number of fused-ring (bicyclic) bond motifs is 2. The first-order valence-electron chi connectivity index (χ1n) is 10.7. The van der Waals surface area contributed by atoms with Gasteiger partial charge in [-0.2, -0.15) is 4.99 Å². The fourth-order valence-electron chi connectivity index (χ4n) is 4.12. The molecule has 0 unspecified atom stereocenters. The van der Waals surface area contributed by atoms with Gasteiger partial charge in [-0.3, -0.25) is 9.69 Å². The van der Waals surface area contributed by atoms with Crippen LogP contribution in [0.25, 0.3) is 16.3 Å². The highest BCUT2D eigenvalue weighted by molar-refractivity contribution is 7.18. The molecule has 2 aliphatic heterocycles. The molecule has 7 heteroatoms. The van der Waals surface area contributed by atoms with Crippen molar-refractivity contribution >= 4 is 50.9 Å². The number of nitrogens with zero attached hydrogens (tertiary/aromatic N) is 4. The Balaban J connectivity index is 1.56. The predicted octanol–water partition coefficient (Wildman–Crippen LogP) is 5.54. The topological polar surface area (TPSA) is 58.0 Å². The van der Waals surface area contributed by atoms with Crippen molar-refractivity contribution in [2.75, 3.05) is 18.0 Å². The van der Waals surface area contributed by atoms with Crippen LogP contribution in [0, 0.1) is 13.8 Å². The number of allylic oxidation sites excluding steroid dienone is 1. The minimum atomic E-state index is -0.175. The van der Waals surface area contributed by atoms with E-state index in [-0.39, 0.29) is 5.91 Å². The fraction of sp³-hybridized carbons (Fsp3) is 0.240. The van der Waals surface area contributed by atoms with E-state index in [0.717, 1.165) is 32.2 Å². The number of ether oxygens (including phenoxy) is 1. The Morgan fingerprint density at radius 1 is 1.03 bits per heavy atom.